The predicted octanol–water partition coefficient (Wildman–Crippen LogP) is 13.2. The highest BCUT2D eigenvalue weighted by atomic mass is 16.3. The highest BCUT2D eigenvalue weighted by Gasteiger charge is 2.20. The summed E-state index contributed by atoms with van der Waals surface area (Å²) in [4.78, 5) is 0. The number of furan rings is 1. The Hall–Kier alpha value is -6.18. The summed E-state index contributed by atoms with van der Waals surface area (Å²) in [7, 11) is 0. The summed E-state index contributed by atoms with van der Waals surface area (Å²) in [6.07, 6.45) is 0. The Balaban J connectivity index is 1.26. The van der Waals surface area contributed by atoms with E-state index in [9.17, 15) is 1.37 Å². The molecule has 1 heterocycles. The molecule has 218 valence electrons. The minimum absolute atomic E-state index is 0.0587. The summed E-state index contributed by atoms with van der Waals surface area (Å²) in [5.74, 6) is 0. The molecule has 9 aromatic carbocycles. The third-order valence-electron chi connectivity index (χ3n) is 9.25. The van der Waals surface area contributed by atoms with Gasteiger partial charge in [0.05, 0.1) is 9.60 Å². The molecule has 0 amide bonds. The van der Waals surface area contributed by atoms with Gasteiger partial charge in [0.15, 0.2) is 0 Å². The molecule has 0 unspecified atom stereocenters. The van der Waals surface area contributed by atoms with E-state index in [2.05, 4.69) is 60.7 Å². The van der Waals surface area contributed by atoms with Gasteiger partial charge in [-0.05, 0) is 107 Å². The van der Waals surface area contributed by atoms with Crippen LogP contribution < -0.4 is 0 Å². The highest BCUT2D eigenvalue weighted by Crippen LogP contribution is 2.47. The van der Waals surface area contributed by atoms with Crippen molar-refractivity contribution in [2.45, 2.75) is 0 Å². The van der Waals surface area contributed by atoms with Crippen LogP contribution in [0.5, 0.6) is 0 Å². The van der Waals surface area contributed by atoms with Crippen LogP contribution in [0.3, 0.4) is 0 Å². The summed E-state index contributed by atoms with van der Waals surface area (Å²) in [5, 5.41) is 8.33. The topological polar surface area (TPSA) is 13.1 Å². The molecule has 10 aromatic rings. The molecule has 0 spiro atoms. The third-order valence-corrected chi connectivity index (χ3v) is 9.25. The summed E-state index contributed by atoms with van der Waals surface area (Å²) in [6.45, 7) is 0. The van der Waals surface area contributed by atoms with Crippen LogP contribution in [-0.2, 0) is 0 Å². The van der Waals surface area contributed by atoms with Gasteiger partial charge in [-0.15, -0.1) is 0 Å². The monoisotopic (exact) mass is 603 g/mol. The van der Waals surface area contributed by atoms with Crippen molar-refractivity contribution in [2.24, 2.45) is 0 Å². The van der Waals surface area contributed by atoms with Crippen molar-refractivity contribution in [3.8, 4) is 33.4 Å². The molecule has 47 heavy (non-hydrogen) atoms. The van der Waals surface area contributed by atoms with Gasteiger partial charge in [-0.3, -0.25) is 0 Å². The number of benzene rings is 9. The summed E-state index contributed by atoms with van der Waals surface area (Å²) < 4.78 is 66.9. The smallest absolute Gasteiger partial charge is 0.136 e. The van der Waals surface area contributed by atoms with E-state index in [1.54, 1.807) is 6.07 Å². The molecular weight excluding hydrogens is 569 g/mol. The Bertz CT molecular complexity index is 3200. The second kappa shape index (κ2) is 10.2. The molecular formula is C46H28O. The van der Waals surface area contributed by atoms with Crippen molar-refractivity contribution in [2.75, 3.05) is 0 Å². The number of hydrogen-bond donors (Lipinski definition) is 0. The Morgan fingerprint density at radius 3 is 1.81 bits per heavy atom. The molecule has 1 aromatic heterocycles. The first-order chi connectivity index (χ1) is 26.2. The van der Waals surface area contributed by atoms with E-state index < -0.39 is 18.1 Å². The maximum absolute atomic E-state index is 9.18. The van der Waals surface area contributed by atoms with Crippen LogP contribution in [0.4, 0.5) is 0 Å². The molecule has 0 atom stereocenters. The molecule has 1 heteroatoms. The van der Waals surface area contributed by atoms with Crippen molar-refractivity contribution in [1.29, 1.82) is 0 Å². The summed E-state index contributed by atoms with van der Waals surface area (Å²) in [6, 6.07) is 40.6. The molecule has 0 aliphatic carbocycles. The van der Waals surface area contributed by atoms with E-state index in [1.807, 2.05) is 60.7 Å². The molecule has 0 fully saturated rings. The van der Waals surface area contributed by atoms with Crippen LogP contribution in [0.25, 0.3) is 98.4 Å². The molecule has 1 nitrogen and oxygen atoms in total. The van der Waals surface area contributed by atoms with E-state index in [0.717, 1.165) is 76.5 Å². The zero-order valence-electron chi connectivity index (χ0n) is 32.0. The fraction of sp³-hybridized carbons (Fsp3) is 0. The Morgan fingerprint density at radius 2 is 1.04 bits per heavy atom. The van der Waals surface area contributed by atoms with Crippen molar-refractivity contribution < 1.29 is 14.0 Å². The van der Waals surface area contributed by atoms with Crippen LogP contribution in [0, 0.1) is 0 Å². The first-order valence-corrected chi connectivity index (χ1v) is 15.6. The number of hydrogen-bond acceptors (Lipinski definition) is 1. The van der Waals surface area contributed by atoms with Crippen LogP contribution in [-0.4, -0.2) is 0 Å². The van der Waals surface area contributed by atoms with Crippen LogP contribution >= 0.6 is 0 Å². The summed E-state index contributed by atoms with van der Waals surface area (Å²) in [5.41, 5.74) is 6.30. The van der Waals surface area contributed by atoms with E-state index in [-0.39, 0.29) is 40.5 Å². The first kappa shape index (κ1) is 20.0. The molecule has 10 rings (SSSR count). The number of fused-ring (bicyclic) bond motifs is 7. The van der Waals surface area contributed by atoms with Crippen molar-refractivity contribution >= 4 is 65.0 Å². The van der Waals surface area contributed by atoms with Crippen molar-refractivity contribution in [3.63, 3.8) is 0 Å². The van der Waals surface area contributed by atoms with Gasteiger partial charge in [0, 0.05) is 10.8 Å². The fourth-order valence-corrected chi connectivity index (χ4v) is 7.21. The lowest BCUT2D eigenvalue weighted by Gasteiger charge is -2.18. The lowest BCUT2D eigenvalue weighted by molar-refractivity contribution is 0.669. The first-order valence-electron chi connectivity index (χ1n) is 19.1. The standard InChI is InChI=1S/C46H28O/c1-2-12-30-25-34(24-23-29(30)11-1)31-15-9-16-35(26-31)44-36-17-5-7-19-38(36)45(39-20-8-6-18-37(39)44)40-21-10-22-42-46(40)41-27-32-13-3-4-14-33(32)28-43(41)47-42/h1-28H/i1D,2D,11D,12D,23D,24D,25D. The van der Waals surface area contributed by atoms with Gasteiger partial charge in [0.2, 0.25) is 0 Å². The molecule has 0 saturated heterocycles. The Morgan fingerprint density at radius 1 is 0.404 bits per heavy atom. The van der Waals surface area contributed by atoms with Gasteiger partial charge in [-0.1, -0.05) is 139 Å². The predicted molar refractivity (Wildman–Crippen MR) is 200 cm³/mol. The lowest BCUT2D eigenvalue weighted by atomic mass is 9.84. The van der Waals surface area contributed by atoms with Gasteiger partial charge in [-0.25, -0.2) is 0 Å². The van der Waals surface area contributed by atoms with Gasteiger partial charge in [0.1, 0.15) is 11.2 Å². The maximum Gasteiger partial charge on any atom is 0.136 e. The minimum Gasteiger partial charge on any atom is -0.456 e. The van der Waals surface area contributed by atoms with Crippen LogP contribution in [0.2, 0.25) is 0 Å². The van der Waals surface area contributed by atoms with E-state index in [0.29, 0.717) is 5.56 Å². The third kappa shape index (κ3) is 4.03. The SMILES string of the molecule is [2H]c1c([2H])c([2H])c2c([2H])c(-c3cccc(-c4c5ccccc5c(-c5cccc6oc7cc8ccccc8cc7c56)c5ccccc45)c3)c([2H])c([2H])c2c1[2H]. The Kier molecular flexibility index (Phi) is 4.34. The van der Waals surface area contributed by atoms with Crippen molar-refractivity contribution in [3.05, 3.63) is 170 Å². The molecule has 0 bridgehead atoms. The van der Waals surface area contributed by atoms with Crippen LogP contribution in [0.15, 0.2) is 174 Å². The molecule has 0 aliphatic heterocycles. The fourth-order valence-electron chi connectivity index (χ4n) is 7.21. The number of rotatable bonds is 3. The maximum atomic E-state index is 9.18. The highest BCUT2D eigenvalue weighted by molar-refractivity contribution is 6.26. The van der Waals surface area contributed by atoms with Gasteiger partial charge in [-0.2, -0.15) is 0 Å². The average molecular weight is 604 g/mol. The second-order valence-electron chi connectivity index (χ2n) is 11.9. The van der Waals surface area contributed by atoms with Gasteiger partial charge in [0.25, 0.3) is 0 Å². The largest absolute Gasteiger partial charge is 0.456 e. The van der Waals surface area contributed by atoms with Crippen molar-refractivity contribution in [1.82, 2.24) is 0 Å². The summed E-state index contributed by atoms with van der Waals surface area (Å²) >= 11 is 0. The van der Waals surface area contributed by atoms with E-state index in [1.165, 1.54) is 0 Å². The average Bonchev–Trinajstić information content (AvgIpc) is 3.56. The minimum atomic E-state index is -0.484. The lowest BCUT2D eigenvalue weighted by Crippen LogP contribution is -1.91. The zero-order valence-corrected chi connectivity index (χ0v) is 25.0. The van der Waals surface area contributed by atoms with Crippen LogP contribution in [0.1, 0.15) is 9.60 Å². The molecule has 0 N–H and O–H groups in total. The van der Waals surface area contributed by atoms with Gasteiger partial charge < -0.3 is 4.42 Å². The van der Waals surface area contributed by atoms with Gasteiger partial charge >= 0.3 is 0 Å². The normalized spacial score (nSPS) is 13.9. The van der Waals surface area contributed by atoms with E-state index in [4.69, 9.17) is 12.6 Å². The van der Waals surface area contributed by atoms with E-state index >= 15 is 0 Å². The zero-order chi connectivity index (χ0) is 37.0. The molecule has 0 saturated carbocycles. The second-order valence-corrected chi connectivity index (χ2v) is 11.9. The Labute approximate surface area is 281 Å². The molecule has 0 radical (unpaired) electrons. The molecule has 0 aliphatic rings. The quantitative estimate of drug-likeness (QED) is 0.183.